The summed E-state index contributed by atoms with van der Waals surface area (Å²) in [5.41, 5.74) is 5.46. The molecule has 0 aromatic heterocycles. The Labute approximate surface area is 151 Å². The van der Waals surface area contributed by atoms with E-state index in [0.29, 0.717) is 16.9 Å². The molecule has 0 atom stereocenters. The monoisotopic (exact) mass is 345 g/mol. The van der Waals surface area contributed by atoms with Gasteiger partial charge in [-0.1, -0.05) is 24.3 Å². The van der Waals surface area contributed by atoms with Crippen molar-refractivity contribution < 1.29 is 9.13 Å². The van der Waals surface area contributed by atoms with Gasteiger partial charge in [0, 0.05) is 5.56 Å². The molecule has 4 nitrogen and oxygen atoms in total. The van der Waals surface area contributed by atoms with Crippen molar-refractivity contribution >= 4 is 11.9 Å². The molecule has 3 aromatic rings. The fourth-order valence-electron chi connectivity index (χ4n) is 2.24. The van der Waals surface area contributed by atoms with Gasteiger partial charge in [-0.2, -0.15) is 10.4 Å². The lowest BCUT2D eigenvalue weighted by Gasteiger charge is -2.07. The lowest BCUT2D eigenvalue weighted by molar-refractivity contribution is 0.300. The van der Waals surface area contributed by atoms with Crippen LogP contribution in [0.3, 0.4) is 0 Å². The van der Waals surface area contributed by atoms with Crippen LogP contribution in [0.4, 0.5) is 10.1 Å². The summed E-state index contributed by atoms with van der Waals surface area (Å²) in [6.45, 7) is 0.0978. The second-order valence-electron chi connectivity index (χ2n) is 5.51. The summed E-state index contributed by atoms with van der Waals surface area (Å²) in [5, 5.41) is 12.9. The molecule has 3 aromatic carbocycles. The Balaban J connectivity index is 1.55. The largest absolute Gasteiger partial charge is 0.489 e. The molecular weight excluding hydrogens is 329 g/mol. The van der Waals surface area contributed by atoms with E-state index >= 15 is 0 Å². The third-order valence-corrected chi connectivity index (χ3v) is 3.64. The smallest absolute Gasteiger partial charge is 0.131 e. The minimum absolute atomic E-state index is 0.0978. The Kier molecular flexibility index (Phi) is 5.58. The fourth-order valence-corrected chi connectivity index (χ4v) is 2.24. The van der Waals surface area contributed by atoms with Crippen molar-refractivity contribution in [1.29, 1.82) is 5.26 Å². The van der Waals surface area contributed by atoms with Crippen LogP contribution < -0.4 is 10.2 Å². The van der Waals surface area contributed by atoms with Crippen LogP contribution in [0, 0.1) is 17.1 Å². The number of anilines is 1. The average Bonchev–Trinajstić information content (AvgIpc) is 2.69. The number of nitrogens with one attached hydrogen (secondary N) is 1. The van der Waals surface area contributed by atoms with Crippen LogP contribution in [-0.4, -0.2) is 6.21 Å². The summed E-state index contributed by atoms with van der Waals surface area (Å²) < 4.78 is 19.4. The van der Waals surface area contributed by atoms with Crippen molar-refractivity contribution in [1.82, 2.24) is 0 Å². The Morgan fingerprint density at radius 3 is 2.50 bits per heavy atom. The number of hydrazone groups is 1. The number of benzene rings is 3. The molecule has 0 heterocycles. The highest BCUT2D eigenvalue weighted by Gasteiger charge is 2.04. The summed E-state index contributed by atoms with van der Waals surface area (Å²) >= 11 is 0. The van der Waals surface area contributed by atoms with Crippen LogP contribution in [0.2, 0.25) is 0 Å². The van der Waals surface area contributed by atoms with Crippen LogP contribution in [0.25, 0.3) is 0 Å². The minimum atomic E-state index is -0.445. The first kappa shape index (κ1) is 17.2. The topological polar surface area (TPSA) is 57.4 Å². The molecule has 128 valence electrons. The third kappa shape index (κ3) is 4.68. The number of rotatable bonds is 6. The number of nitrogens with zero attached hydrogens (tertiary/aromatic N) is 2. The summed E-state index contributed by atoms with van der Waals surface area (Å²) in [6, 6.07) is 23.2. The molecule has 5 heteroatoms. The zero-order valence-corrected chi connectivity index (χ0v) is 13.9. The van der Waals surface area contributed by atoms with Crippen molar-refractivity contribution in [2.45, 2.75) is 6.61 Å². The van der Waals surface area contributed by atoms with Gasteiger partial charge in [-0.3, -0.25) is 5.43 Å². The van der Waals surface area contributed by atoms with E-state index in [1.807, 2.05) is 48.5 Å². The van der Waals surface area contributed by atoms with E-state index in [1.54, 1.807) is 30.5 Å². The van der Waals surface area contributed by atoms with Crippen molar-refractivity contribution in [3.05, 3.63) is 95.3 Å². The highest BCUT2D eigenvalue weighted by atomic mass is 19.1. The molecule has 0 aliphatic rings. The first-order valence-corrected chi connectivity index (χ1v) is 8.00. The van der Waals surface area contributed by atoms with Gasteiger partial charge in [-0.25, -0.2) is 4.39 Å². The van der Waals surface area contributed by atoms with Crippen LogP contribution in [0.1, 0.15) is 16.7 Å². The SMILES string of the molecule is N#Cc1ccc(COc2ccc(C=NNc3ccccc3)cc2)c(F)c1. The number of halogens is 1. The summed E-state index contributed by atoms with van der Waals surface area (Å²) in [7, 11) is 0. The van der Waals surface area contributed by atoms with Crippen molar-refractivity contribution in [2.75, 3.05) is 5.43 Å². The van der Waals surface area contributed by atoms with E-state index in [0.717, 1.165) is 11.3 Å². The molecular formula is C21H16FN3O. The Morgan fingerprint density at radius 1 is 1.04 bits per heavy atom. The van der Waals surface area contributed by atoms with Crippen LogP contribution in [-0.2, 0) is 6.61 Å². The van der Waals surface area contributed by atoms with E-state index in [9.17, 15) is 4.39 Å². The lowest BCUT2D eigenvalue weighted by atomic mass is 10.1. The van der Waals surface area contributed by atoms with Gasteiger partial charge < -0.3 is 4.74 Å². The first-order chi connectivity index (χ1) is 12.7. The molecule has 0 aliphatic carbocycles. The zero-order chi connectivity index (χ0) is 18.2. The highest BCUT2D eigenvalue weighted by Crippen LogP contribution is 2.16. The van der Waals surface area contributed by atoms with Gasteiger partial charge in [0.1, 0.15) is 18.2 Å². The van der Waals surface area contributed by atoms with Crippen LogP contribution in [0.5, 0.6) is 5.75 Å². The Morgan fingerprint density at radius 2 is 1.81 bits per heavy atom. The third-order valence-electron chi connectivity index (χ3n) is 3.64. The molecule has 0 amide bonds. The minimum Gasteiger partial charge on any atom is -0.489 e. The van der Waals surface area contributed by atoms with E-state index in [4.69, 9.17) is 10.00 Å². The normalized spacial score (nSPS) is 10.5. The molecule has 3 rings (SSSR count). The molecule has 0 aliphatic heterocycles. The summed E-state index contributed by atoms with van der Waals surface area (Å²) in [4.78, 5) is 0. The van der Waals surface area contributed by atoms with Gasteiger partial charge >= 0.3 is 0 Å². The van der Waals surface area contributed by atoms with E-state index in [-0.39, 0.29) is 6.61 Å². The second-order valence-corrected chi connectivity index (χ2v) is 5.51. The molecule has 1 N–H and O–H groups in total. The maximum Gasteiger partial charge on any atom is 0.131 e. The number of hydrogen-bond donors (Lipinski definition) is 1. The average molecular weight is 345 g/mol. The molecule has 0 spiro atoms. The fraction of sp³-hybridized carbons (Fsp3) is 0.0476. The molecule has 0 saturated carbocycles. The second kappa shape index (κ2) is 8.45. The number of nitriles is 1. The van der Waals surface area contributed by atoms with E-state index in [1.165, 1.54) is 6.07 Å². The van der Waals surface area contributed by atoms with Crippen LogP contribution >= 0.6 is 0 Å². The lowest BCUT2D eigenvalue weighted by Crippen LogP contribution is -1.99. The standard InChI is InChI=1S/C21H16FN3O/c22-21-12-17(13-23)6-9-18(21)15-26-20-10-7-16(8-11-20)14-24-25-19-4-2-1-3-5-19/h1-12,14,25H,15H2. The molecule has 0 fully saturated rings. The van der Waals surface area contributed by atoms with Crippen molar-refractivity contribution in [3.8, 4) is 11.8 Å². The van der Waals surface area contributed by atoms with Crippen molar-refractivity contribution in [3.63, 3.8) is 0 Å². The quantitative estimate of drug-likeness (QED) is 0.519. The zero-order valence-electron chi connectivity index (χ0n) is 13.9. The highest BCUT2D eigenvalue weighted by molar-refractivity contribution is 5.80. The number of hydrogen-bond acceptors (Lipinski definition) is 4. The molecule has 0 radical (unpaired) electrons. The maximum absolute atomic E-state index is 13.8. The Hall–Kier alpha value is -3.65. The van der Waals surface area contributed by atoms with Crippen LogP contribution in [0.15, 0.2) is 77.9 Å². The summed E-state index contributed by atoms with van der Waals surface area (Å²) in [6.07, 6.45) is 1.71. The van der Waals surface area contributed by atoms with Gasteiger partial charge in [-0.05, 0) is 54.1 Å². The molecule has 26 heavy (non-hydrogen) atoms. The van der Waals surface area contributed by atoms with Gasteiger partial charge in [-0.15, -0.1) is 0 Å². The summed E-state index contributed by atoms with van der Waals surface area (Å²) in [5.74, 6) is 0.182. The van der Waals surface area contributed by atoms with E-state index in [2.05, 4.69) is 10.5 Å². The van der Waals surface area contributed by atoms with Gasteiger partial charge in [0.2, 0.25) is 0 Å². The first-order valence-electron chi connectivity index (χ1n) is 8.00. The number of ether oxygens (including phenoxy) is 1. The van der Waals surface area contributed by atoms with Gasteiger partial charge in [0.25, 0.3) is 0 Å². The van der Waals surface area contributed by atoms with Crippen molar-refractivity contribution in [2.24, 2.45) is 5.10 Å². The number of para-hydroxylation sites is 1. The molecule has 0 unspecified atom stereocenters. The Bertz CT molecular complexity index is 932. The predicted octanol–water partition coefficient (Wildman–Crippen LogP) is 4.72. The predicted molar refractivity (Wildman–Crippen MR) is 99.5 cm³/mol. The van der Waals surface area contributed by atoms with E-state index < -0.39 is 5.82 Å². The van der Waals surface area contributed by atoms with Gasteiger partial charge in [0.15, 0.2) is 0 Å². The molecule has 0 bridgehead atoms. The van der Waals surface area contributed by atoms with Gasteiger partial charge in [0.05, 0.1) is 23.5 Å². The maximum atomic E-state index is 13.8. The molecule has 0 saturated heterocycles.